The molecule has 0 aromatic rings. The second kappa shape index (κ2) is 5.35. The highest BCUT2D eigenvalue weighted by atomic mass is 14.3. The molecule has 48 valence electrons. The van der Waals surface area contributed by atoms with Gasteiger partial charge in [-0.2, -0.15) is 15.8 Å². The minimum Gasteiger partial charge on any atom is -0.198 e. The van der Waals surface area contributed by atoms with Gasteiger partial charge in [-0.1, -0.05) is 0 Å². The third-order valence-corrected chi connectivity index (χ3v) is 0.889. The SMILES string of the molecule is N#CC=C(C#N)CCC#N. The zero-order chi connectivity index (χ0) is 7.82. The van der Waals surface area contributed by atoms with Gasteiger partial charge in [0, 0.05) is 18.1 Å². The van der Waals surface area contributed by atoms with Crippen LogP contribution in [-0.4, -0.2) is 0 Å². The fraction of sp³-hybridized carbons (Fsp3) is 0.286. The first-order chi connectivity index (χ1) is 4.85. The van der Waals surface area contributed by atoms with E-state index in [0.29, 0.717) is 18.4 Å². The number of hydrogen-bond acceptors (Lipinski definition) is 3. The van der Waals surface area contributed by atoms with Crippen LogP contribution in [0, 0.1) is 34.0 Å². The van der Waals surface area contributed by atoms with E-state index in [-0.39, 0.29) is 0 Å². The molecule has 0 bridgehead atoms. The quantitative estimate of drug-likeness (QED) is 0.529. The molecule has 0 fully saturated rings. The lowest BCUT2D eigenvalue weighted by atomic mass is 10.1. The molecule has 10 heavy (non-hydrogen) atoms. The summed E-state index contributed by atoms with van der Waals surface area (Å²) in [6.07, 6.45) is 1.83. The third-order valence-electron chi connectivity index (χ3n) is 0.889. The highest BCUT2D eigenvalue weighted by Crippen LogP contribution is 2.00. The summed E-state index contributed by atoms with van der Waals surface area (Å²) in [6.45, 7) is 0. The predicted molar refractivity (Wildman–Crippen MR) is 34.2 cm³/mol. The van der Waals surface area contributed by atoms with Crippen molar-refractivity contribution in [3.05, 3.63) is 11.6 Å². The van der Waals surface area contributed by atoms with Crippen LogP contribution in [0.5, 0.6) is 0 Å². The van der Waals surface area contributed by atoms with Crippen molar-refractivity contribution in [3.8, 4) is 18.2 Å². The molecule has 0 aliphatic carbocycles. The van der Waals surface area contributed by atoms with Crippen molar-refractivity contribution in [2.75, 3.05) is 0 Å². The zero-order valence-corrected chi connectivity index (χ0v) is 5.33. The molecule has 0 aliphatic heterocycles. The van der Waals surface area contributed by atoms with Gasteiger partial charge in [0.15, 0.2) is 0 Å². The highest BCUT2D eigenvalue weighted by molar-refractivity contribution is 5.26. The van der Waals surface area contributed by atoms with Crippen LogP contribution in [0.25, 0.3) is 0 Å². The van der Waals surface area contributed by atoms with E-state index < -0.39 is 0 Å². The Morgan fingerprint density at radius 3 is 2.40 bits per heavy atom. The van der Waals surface area contributed by atoms with Crippen molar-refractivity contribution in [2.45, 2.75) is 12.8 Å². The Kier molecular flexibility index (Phi) is 4.39. The molecule has 3 nitrogen and oxygen atoms in total. The third kappa shape index (κ3) is 3.24. The number of rotatable bonds is 2. The van der Waals surface area contributed by atoms with Crippen LogP contribution in [0.4, 0.5) is 0 Å². The van der Waals surface area contributed by atoms with Gasteiger partial charge in [-0.15, -0.1) is 0 Å². The molecule has 0 N–H and O–H groups in total. The first-order valence-electron chi connectivity index (χ1n) is 2.71. The summed E-state index contributed by atoms with van der Waals surface area (Å²) in [5.41, 5.74) is 0.365. The normalized spacial score (nSPS) is 9.10. The Bertz CT molecular complexity index is 243. The van der Waals surface area contributed by atoms with E-state index in [2.05, 4.69) is 0 Å². The molecule has 3 heteroatoms. The molecule has 0 aromatic carbocycles. The molecule has 0 spiro atoms. The maximum absolute atomic E-state index is 8.30. The van der Waals surface area contributed by atoms with Crippen molar-refractivity contribution in [3.63, 3.8) is 0 Å². The van der Waals surface area contributed by atoms with Crippen LogP contribution in [0.2, 0.25) is 0 Å². The summed E-state index contributed by atoms with van der Waals surface area (Å²) in [6, 6.07) is 5.45. The van der Waals surface area contributed by atoms with Gasteiger partial charge >= 0.3 is 0 Å². The molecule has 0 rings (SSSR count). The first-order valence-corrected chi connectivity index (χ1v) is 2.71. The average molecular weight is 131 g/mol. The van der Waals surface area contributed by atoms with E-state index in [1.165, 1.54) is 0 Å². The van der Waals surface area contributed by atoms with Crippen molar-refractivity contribution in [1.82, 2.24) is 0 Å². The Balaban J connectivity index is 3.93. The Hall–Kier alpha value is -1.79. The van der Waals surface area contributed by atoms with Gasteiger partial charge in [0.1, 0.15) is 0 Å². The van der Waals surface area contributed by atoms with Crippen LogP contribution in [-0.2, 0) is 0 Å². The second-order valence-corrected chi connectivity index (χ2v) is 1.57. The highest BCUT2D eigenvalue weighted by Gasteiger charge is 1.92. The van der Waals surface area contributed by atoms with E-state index in [1.807, 2.05) is 12.1 Å². The summed E-state index contributed by atoms with van der Waals surface area (Å²) < 4.78 is 0. The van der Waals surface area contributed by atoms with Crippen LogP contribution in [0.3, 0.4) is 0 Å². The van der Waals surface area contributed by atoms with Gasteiger partial charge < -0.3 is 0 Å². The van der Waals surface area contributed by atoms with Crippen molar-refractivity contribution in [2.24, 2.45) is 0 Å². The van der Waals surface area contributed by atoms with Gasteiger partial charge in [0.25, 0.3) is 0 Å². The molecule has 0 aliphatic rings. The van der Waals surface area contributed by atoms with Gasteiger partial charge in [-0.3, -0.25) is 0 Å². The minimum absolute atomic E-state index is 0.293. The molecule has 0 saturated carbocycles. The molecular weight excluding hydrogens is 126 g/mol. The Labute approximate surface area is 59.4 Å². The van der Waals surface area contributed by atoms with Crippen molar-refractivity contribution < 1.29 is 0 Å². The topological polar surface area (TPSA) is 71.4 Å². The fourth-order valence-electron chi connectivity index (χ4n) is 0.429. The largest absolute Gasteiger partial charge is 0.198 e. The van der Waals surface area contributed by atoms with Gasteiger partial charge in [0.2, 0.25) is 0 Å². The number of hydrogen-bond donors (Lipinski definition) is 0. The summed E-state index contributed by atoms with van der Waals surface area (Å²) in [7, 11) is 0. The number of nitrogens with zero attached hydrogens (tertiary/aromatic N) is 3. The summed E-state index contributed by atoms with van der Waals surface area (Å²) in [4.78, 5) is 0. The van der Waals surface area contributed by atoms with Crippen molar-refractivity contribution >= 4 is 0 Å². The molecule has 0 atom stereocenters. The lowest BCUT2D eigenvalue weighted by molar-refractivity contribution is 1.02. The Morgan fingerprint density at radius 2 is 2.00 bits per heavy atom. The first kappa shape index (κ1) is 8.21. The lowest BCUT2D eigenvalue weighted by Crippen LogP contribution is -1.76. The minimum atomic E-state index is 0.293. The molecule has 0 aromatic heterocycles. The maximum Gasteiger partial charge on any atom is 0.0954 e. The van der Waals surface area contributed by atoms with Crippen molar-refractivity contribution in [1.29, 1.82) is 15.8 Å². The lowest BCUT2D eigenvalue weighted by Gasteiger charge is -1.85. The molecule has 0 saturated heterocycles. The standard InChI is InChI=1S/C7H5N3/c8-4-1-2-7(6-10)3-5-9/h3H,1-2H2. The van der Waals surface area contributed by atoms with Crippen LogP contribution < -0.4 is 0 Å². The second-order valence-electron chi connectivity index (χ2n) is 1.57. The molecule has 0 heterocycles. The summed E-state index contributed by atoms with van der Waals surface area (Å²) in [5.74, 6) is 0. The predicted octanol–water partition coefficient (Wildman–Crippen LogP) is 1.26. The molecule has 0 radical (unpaired) electrons. The fourth-order valence-corrected chi connectivity index (χ4v) is 0.429. The van der Waals surface area contributed by atoms with Crippen LogP contribution >= 0.6 is 0 Å². The summed E-state index contributed by atoms with van der Waals surface area (Å²) in [5, 5.41) is 24.5. The van der Waals surface area contributed by atoms with E-state index in [4.69, 9.17) is 15.8 Å². The van der Waals surface area contributed by atoms with E-state index in [9.17, 15) is 0 Å². The van der Waals surface area contributed by atoms with Gasteiger partial charge in [-0.25, -0.2) is 0 Å². The van der Waals surface area contributed by atoms with Crippen LogP contribution in [0.1, 0.15) is 12.8 Å². The van der Waals surface area contributed by atoms with E-state index in [1.54, 1.807) is 6.07 Å². The number of nitriles is 3. The zero-order valence-electron chi connectivity index (χ0n) is 5.33. The van der Waals surface area contributed by atoms with Crippen LogP contribution in [0.15, 0.2) is 11.6 Å². The molecule has 0 amide bonds. The average Bonchev–Trinajstić information content (AvgIpc) is 1.98. The molecular formula is C7H5N3. The Morgan fingerprint density at radius 1 is 1.30 bits per heavy atom. The van der Waals surface area contributed by atoms with Gasteiger partial charge in [-0.05, 0) is 6.42 Å². The summed E-state index contributed by atoms with van der Waals surface area (Å²) >= 11 is 0. The molecule has 0 unspecified atom stereocenters. The number of allylic oxidation sites excluding steroid dienone is 2. The van der Waals surface area contributed by atoms with Gasteiger partial charge in [0.05, 0.1) is 18.2 Å². The smallest absolute Gasteiger partial charge is 0.0954 e. The van der Waals surface area contributed by atoms with E-state index >= 15 is 0 Å². The maximum atomic E-state index is 8.30. The van der Waals surface area contributed by atoms with E-state index in [0.717, 1.165) is 6.08 Å². The monoisotopic (exact) mass is 131 g/mol.